The molecule has 0 amide bonds. The lowest BCUT2D eigenvalue weighted by Gasteiger charge is -2.05. The predicted octanol–water partition coefficient (Wildman–Crippen LogP) is 2.25. The Labute approximate surface area is 87.3 Å². The van der Waals surface area contributed by atoms with E-state index in [1.54, 1.807) is 6.07 Å². The second-order valence-corrected chi connectivity index (χ2v) is 3.59. The molecule has 78 valence electrons. The van der Waals surface area contributed by atoms with E-state index in [1.807, 2.05) is 26.0 Å². The van der Waals surface area contributed by atoms with Gasteiger partial charge in [0.05, 0.1) is 0 Å². The zero-order valence-corrected chi connectivity index (χ0v) is 8.61. The molecule has 0 atom stereocenters. The highest BCUT2D eigenvalue weighted by Gasteiger charge is 2.11. The van der Waals surface area contributed by atoms with E-state index in [4.69, 9.17) is 10.3 Å². The van der Waals surface area contributed by atoms with Crippen LogP contribution in [-0.4, -0.2) is 10.3 Å². The number of rotatable bonds is 1. The molecule has 0 saturated heterocycles. The van der Waals surface area contributed by atoms with Gasteiger partial charge in [0.15, 0.2) is 0 Å². The third kappa shape index (κ3) is 1.66. The number of nitrogens with two attached hydrogens (primary N) is 1. The van der Waals surface area contributed by atoms with Gasteiger partial charge in [-0.05, 0) is 31.0 Å². The van der Waals surface area contributed by atoms with Gasteiger partial charge in [0.1, 0.15) is 11.4 Å². The highest BCUT2D eigenvalue weighted by Crippen LogP contribution is 2.32. The Kier molecular flexibility index (Phi) is 2.11. The number of aromatic nitrogens is 1. The molecule has 1 aromatic heterocycles. The van der Waals surface area contributed by atoms with E-state index in [0.717, 1.165) is 11.1 Å². The summed E-state index contributed by atoms with van der Waals surface area (Å²) in [6, 6.07) is 5.34. The molecule has 3 N–H and O–H groups in total. The topological polar surface area (TPSA) is 72.3 Å². The minimum Gasteiger partial charge on any atom is -0.507 e. The zero-order chi connectivity index (χ0) is 11.0. The average molecular weight is 204 g/mol. The molecule has 1 heterocycles. The number of nitrogens with zero attached hydrogens (tertiary/aromatic N) is 1. The van der Waals surface area contributed by atoms with Gasteiger partial charge in [-0.2, -0.15) is 0 Å². The first-order valence-electron chi connectivity index (χ1n) is 4.60. The van der Waals surface area contributed by atoms with Crippen molar-refractivity contribution >= 4 is 5.88 Å². The van der Waals surface area contributed by atoms with Crippen molar-refractivity contribution in [3.05, 3.63) is 29.3 Å². The summed E-state index contributed by atoms with van der Waals surface area (Å²) in [5.74, 6) is 0.456. The van der Waals surface area contributed by atoms with Crippen molar-refractivity contribution in [2.24, 2.45) is 0 Å². The molecule has 0 aliphatic carbocycles. The molecule has 0 spiro atoms. The lowest BCUT2D eigenvalue weighted by Crippen LogP contribution is -1.85. The number of phenolic OH excluding ortho intramolecular Hbond substituents is 1. The normalized spacial score (nSPS) is 10.5. The lowest BCUT2D eigenvalue weighted by molar-refractivity contribution is 0.437. The molecule has 0 saturated carbocycles. The van der Waals surface area contributed by atoms with Crippen molar-refractivity contribution in [2.45, 2.75) is 13.8 Å². The van der Waals surface area contributed by atoms with E-state index in [9.17, 15) is 5.11 Å². The molecular formula is C11H12N2O2. The highest BCUT2D eigenvalue weighted by atomic mass is 16.5. The quantitative estimate of drug-likeness (QED) is 0.747. The molecule has 0 unspecified atom stereocenters. The van der Waals surface area contributed by atoms with Crippen LogP contribution in [0.4, 0.5) is 5.88 Å². The summed E-state index contributed by atoms with van der Waals surface area (Å²) in [4.78, 5) is 0. The van der Waals surface area contributed by atoms with E-state index < -0.39 is 0 Å². The summed E-state index contributed by atoms with van der Waals surface area (Å²) in [5.41, 5.74) is 8.50. The summed E-state index contributed by atoms with van der Waals surface area (Å²) in [6.07, 6.45) is 0. The summed E-state index contributed by atoms with van der Waals surface area (Å²) in [6.45, 7) is 3.80. The fraction of sp³-hybridized carbons (Fsp3) is 0.182. The number of hydrogen-bond acceptors (Lipinski definition) is 4. The zero-order valence-electron chi connectivity index (χ0n) is 8.61. The lowest BCUT2D eigenvalue weighted by atomic mass is 10.0. The van der Waals surface area contributed by atoms with Crippen molar-refractivity contribution in [3.63, 3.8) is 0 Å². The highest BCUT2D eigenvalue weighted by molar-refractivity contribution is 5.70. The molecule has 15 heavy (non-hydrogen) atoms. The van der Waals surface area contributed by atoms with Gasteiger partial charge in [0, 0.05) is 11.6 Å². The van der Waals surface area contributed by atoms with Crippen LogP contribution in [0, 0.1) is 13.8 Å². The first-order chi connectivity index (χ1) is 7.08. The van der Waals surface area contributed by atoms with E-state index >= 15 is 0 Å². The first kappa shape index (κ1) is 9.58. The molecule has 0 fully saturated rings. The molecule has 4 heteroatoms. The number of phenols is 1. The van der Waals surface area contributed by atoms with Crippen LogP contribution in [0.3, 0.4) is 0 Å². The molecule has 0 aliphatic heterocycles. The van der Waals surface area contributed by atoms with E-state index in [1.165, 1.54) is 0 Å². The minimum absolute atomic E-state index is 0.217. The monoisotopic (exact) mass is 204 g/mol. The van der Waals surface area contributed by atoms with E-state index in [-0.39, 0.29) is 11.6 Å². The molecule has 2 rings (SSSR count). The van der Waals surface area contributed by atoms with Crippen molar-refractivity contribution in [1.29, 1.82) is 0 Å². The maximum Gasteiger partial charge on any atom is 0.222 e. The Morgan fingerprint density at radius 2 is 2.00 bits per heavy atom. The molecule has 0 bridgehead atoms. The smallest absolute Gasteiger partial charge is 0.222 e. The van der Waals surface area contributed by atoms with Gasteiger partial charge in [-0.25, -0.2) is 0 Å². The standard InChI is InChI=1S/C11H12N2O2/c1-6-3-7(2)11(14)8(4-6)9-5-10(12)15-13-9/h3-5,14H,12H2,1-2H3. The molecule has 0 aliphatic rings. The van der Waals surface area contributed by atoms with Gasteiger partial charge in [-0.15, -0.1) is 0 Å². The van der Waals surface area contributed by atoms with Crippen LogP contribution in [0.5, 0.6) is 5.75 Å². The van der Waals surface area contributed by atoms with Crippen LogP contribution in [-0.2, 0) is 0 Å². The fourth-order valence-corrected chi connectivity index (χ4v) is 1.57. The summed E-state index contributed by atoms with van der Waals surface area (Å²) in [5, 5.41) is 13.6. The van der Waals surface area contributed by atoms with Gasteiger partial charge in [0.25, 0.3) is 0 Å². The molecule has 1 aromatic carbocycles. The van der Waals surface area contributed by atoms with Crippen LogP contribution in [0.15, 0.2) is 22.7 Å². The maximum atomic E-state index is 9.86. The molecule has 4 nitrogen and oxygen atoms in total. The van der Waals surface area contributed by atoms with E-state index in [2.05, 4.69) is 5.16 Å². The Balaban J connectivity index is 2.62. The second kappa shape index (κ2) is 3.31. The number of benzene rings is 1. The summed E-state index contributed by atoms with van der Waals surface area (Å²) >= 11 is 0. The van der Waals surface area contributed by atoms with Crippen molar-refractivity contribution in [1.82, 2.24) is 5.16 Å². The SMILES string of the molecule is Cc1cc(C)c(O)c(-c2cc(N)on2)c1. The van der Waals surface area contributed by atoms with E-state index in [0.29, 0.717) is 11.3 Å². The number of aryl methyl sites for hydroxylation is 2. The Morgan fingerprint density at radius 1 is 1.27 bits per heavy atom. The maximum absolute atomic E-state index is 9.86. The van der Waals surface area contributed by atoms with Crippen LogP contribution < -0.4 is 5.73 Å². The molecular weight excluding hydrogens is 192 g/mol. The summed E-state index contributed by atoms with van der Waals surface area (Å²) < 4.78 is 4.77. The minimum atomic E-state index is 0.217. The van der Waals surface area contributed by atoms with Crippen LogP contribution >= 0.6 is 0 Å². The van der Waals surface area contributed by atoms with Crippen LogP contribution in [0.25, 0.3) is 11.3 Å². The predicted molar refractivity (Wildman–Crippen MR) is 57.5 cm³/mol. The van der Waals surface area contributed by atoms with Crippen molar-refractivity contribution < 1.29 is 9.63 Å². The molecule has 2 aromatic rings. The molecule has 0 radical (unpaired) electrons. The third-order valence-corrected chi connectivity index (χ3v) is 2.25. The van der Waals surface area contributed by atoms with Gasteiger partial charge in [-0.3, -0.25) is 0 Å². The van der Waals surface area contributed by atoms with Crippen molar-refractivity contribution in [3.8, 4) is 17.0 Å². The Hall–Kier alpha value is -1.97. The van der Waals surface area contributed by atoms with Crippen LogP contribution in [0.1, 0.15) is 11.1 Å². The van der Waals surface area contributed by atoms with Gasteiger partial charge in [-0.1, -0.05) is 11.2 Å². The average Bonchev–Trinajstić information content (AvgIpc) is 2.58. The number of nitrogen functional groups attached to an aromatic ring is 1. The number of anilines is 1. The largest absolute Gasteiger partial charge is 0.507 e. The number of aromatic hydroxyl groups is 1. The van der Waals surface area contributed by atoms with Crippen molar-refractivity contribution in [2.75, 3.05) is 5.73 Å². The Bertz CT molecular complexity index is 503. The Morgan fingerprint density at radius 3 is 2.60 bits per heavy atom. The van der Waals surface area contributed by atoms with Gasteiger partial charge in [0.2, 0.25) is 5.88 Å². The van der Waals surface area contributed by atoms with Crippen LogP contribution in [0.2, 0.25) is 0 Å². The number of hydrogen-bond donors (Lipinski definition) is 2. The second-order valence-electron chi connectivity index (χ2n) is 3.59. The third-order valence-electron chi connectivity index (χ3n) is 2.25. The first-order valence-corrected chi connectivity index (χ1v) is 4.60. The van der Waals surface area contributed by atoms with Gasteiger partial charge >= 0.3 is 0 Å². The fourth-order valence-electron chi connectivity index (χ4n) is 1.57. The van der Waals surface area contributed by atoms with Gasteiger partial charge < -0.3 is 15.4 Å². The summed E-state index contributed by atoms with van der Waals surface area (Å²) in [7, 11) is 0.